The van der Waals surface area contributed by atoms with Crippen LogP contribution in [0.1, 0.15) is 37.7 Å². The summed E-state index contributed by atoms with van der Waals surface area (Å²) in [5.74, 6) is 0. The van der Waals surface area contributed by atoms with E-state index in [0.717, 1.165) is 12.6 Å². The molecule has 2 aromatic rings. The molecular weight excluding hydrogens is 280 g/mol. The van der Waals surface area contributed by atoms with Crippen molar-refractivity contribution in [2.45, 2.75) is 44.7 Å². The van der Waals surface area contributed by atoms with Gasteiger partial charge in [-0.1, -0.05) is 61.7 Å². The molecule has 0 N–H and O–H groups in total. The summed E-state index contributed by atoms with van der Waals surface area (Å²) in [6.07, 6.45) is 7.21. The molecule has 1 heterocycles. The van der Waals surface area contributed by atoms with Crippen molar-refractivity contribution < 1.29 is 0 Å². The van der Waals surface area contributed by atoms with E-state index in [1.807, 2.05) is 0 Å². The topological polar surface area (TPSA) is 6.48 Å². The summed E-state index contributed by atoms with van der Waals surface area (Å²) in [6.45, 7) is 6.06. The molecule has 2 aliphatic rings. The smallest absolute Gasteiger partial charge is 0.0240 e. The van der Waals surface area contributed by atoms with Gasteiger partial charge in [-0.05, 0) is 29.2 Å². The first kappa shape index (κ1) is 15.2. The molecule has 0 atom stereocenters. The minimum Gasteiger partial charge on any atom is -0.298 e. The van der Waals surface area contributed by atoms with Crippen LogP contribution in [0.4, 0.5) is 0 Å². The van der Waals surface area contributed by atoms with Crippen LogP contribution in [0, 0.1) is 0 Å². The highest BCUT2D eigenvalue weighted by atomic mass is 15.3. The van der Waals surface area contributed by atoms with Gasteiger partial charge in [0.25, 0.3) is 0 Å². The van der Waals surface area contributed by atoms with Gasteiger partial charge in [-0.2, -0.15) is 0 Å². The number of hydrogen-bond acceptors (Lipinski definition) is 2. The molecule has 2 aromatic carbocycles. The van der Waals surface area contributed by atoms with Crippen LogP contribution in [0.25, 0.3) is 10.8 Å². The molecule has 2 nitrogen and oxygen atoms in total. The number of rotatable bonds is 3. The fraction of sp³-hybridized carbons (Fsp3) is 0.524. The van der Waals surface area contributed by atoms with Crippen LogP contribution in [0.3, 0.4) is 0 Å². The Morgan fingerprint density at radius 1 is 0.783 bits per heavy atom. The first-order valence-electron chi connectivity index (χ1n) is 9.33. The van der Waals surface area contributed by atoms with Gasteiger partial charge in [0.15, 0.2) is 0 Å². The Kier molecular flexibility index (Phi) is 4.63. The van der Waals surface area contributed by atoms with Crippen LogP contribution in [-0.2, 0) is 6.54 Å². The second kappa shape index (κ2) is 7.02. The van der Waals surface area contributed by atoms with Crippen molar-refractivity contribution in [1.29, 1.82) is 0 Å². The maximum atomic E-state index is 2.76. The minimum atomic E-state index is 0.878. The standard InChI is InChI=1S/C21H28N2/c1-2-10-20(11-3-1)23-15-13-22(14-16-23)17-19-9-6-8-18-7-4-5-12-21(18)19/h4-9,12,20H,1-3,10-11,13-17H2. The lowest BCUT2D eigenvalue weighted by molar-refractivity contribution is 0.0757. The third-order valence-corrected chi connectivity index (χ3v) is 5.77. The minimum absolute atomic E-state index is 0.878. The van der Waals surface area contributed by atoms with Crippen LogP contribution in [0.15, 0.2) is 42.5 Å². The normalized spacial score (nSPS) is 21.7. The SMILES string of the molecule is c1ccc2c(CN3CCN(C4CCCCC4)CC3)cccc2c1. The fourth-order valence-corrected chi connectivity index (χ4v) is 4.40. The van der Waals surface area contributed by atoms with E-state index in [0.29, 0.717) is 0 Å². The van der Waals surface area contributed by atoms with Gasteiger partial charge in [0.05, 0.1) is 0 Å². The predicted molar refractivity (Wildman–Crippen MR) is 97.7 cm³/mol. The van der Waals surface area contributed by atoms with Crippen molar-refractivity contribution in [2.24, 2.45) is 0 Å². The Morgan fingerprint density at radius 2 is 1.52 bits per heavy atom. The number of nitrogens with zero attached hydrogens (tertiary/aromatic N) is 2. The van der Waals surface area contributed by atoms with Crippen molar-refractivity contribution in [1.82, 2.24) is 9.80 Å². The molecule has 0 unspecified atom stereocenters. The van der Waals surface area contributed by atoms with E-state index >= 15 is 0 Å². The van der Waals surface area contributed by atoms with Gasteiger partial charge < -0.3 is 0 Å². The van der Waals surface area contributed by atoms with Gasteiger partial charge in [-0.3, -0.25) is 9.80 Å². The molecule has 1 aliphatic carbocycles. The second-order valence-electron chi connectivity index (χ2n) is 7.24. The quantitative estimate of drug-likeness (QED) is 0.834. The summed E-state index contributed by atoms with van der Waals surface area (Å²) >= 11 is 0. The molecule has 23 heavy (non-hydrogen) atoms. The average molecular weight is 308 g/mol. The first-order chi connectivity index (χ1) is 11.4. The lowest BCUT2D eigenvalue weighted by Gasteiger charge is -2.40. The van der Waals surface area contributed by atoms with Gasteiger partial charge in [0, 0.05) is 38.8 Å². The van der Waals surface area contributed by atoms with E-state index in [4.69, 9.17) is 0 Å². The number of benzene rings is 2. The zero-order chi connectivity index (χ0) is 15.5. The summed E-state index contributed by atoms with van der Waals surface area (Å²) in [5, 5.41) is 2.79. The zero-order valence-electron chi connectivity index (χ0n) is 14.1. The van der Waals surface area contributed by atoms with Crippen molar-refractivity contribution in [3.63, 3.8) is 0 Å². The third-order valence-electron chi connectivity index (χ3n) is 5.77. The molecule has 1 saturated carbocycles. The van der Waals surface area contributed by atoms with E-state index in [9.17, 15) is 0 Å². The first-order valence-corrected chi connectivity index (χ1v) is 9.33. The molecule has 0 amide bonds. The van der Waals surface area contributed by atoms with Crippen LogP contribution in [-0.4, -0.2) is 42.0 Å². The van der Waals surface area contributed by atoms with Gasteiger partial charge in [-0.15, -0.1) is 0 Å². The molecule has 122 valence electrons. The van der Waals surface area contributed by atoms with E-state index in [-0.39, 0.29) is 0 Å². The molecule has 0 spiro atoms. The van der Waals surface area contributed by atoms with Crippen LogP contribution >= 0.6 is 0 Å². The average Bonchev–Trinajstić information content (AvgIpc) is 2.63. The monoisotopic (exact) mass is 308 g/mol. The largest absolute Gasteiger partial charge is 0.298 e. The lowest BCUT2D eigenvalue weighted by atomic mass is 9.94. The third kappa shape index (κ3) is 3.44. The van der Waals surface area contributed by atoms with Gasteiger partial charge in [-0.25, -0.2) is 0 Å². The highest BCUT2D eigenvalue weighted by molar-refractivity contribution is 5.85. The Bertz CT molecular complexity index is 632. The fourth-order valence-electron chi connectivity index (χ4n) is 4.40. The molecular formula is C21H28N2. The molecule has 4 rings (SSSR count). The maximum absolute atomic E-state index is 2.76. The Morgan fingerprint density at radius 3 is 2.35 bits per heavy atom. The maximum Gasteiger partial charge on any atom is 0.0240 e. The van der Waals surface area contributed by atoms with E-state index < -0.39 is 0 Å². The molecule has 0 aromatic heterocycles. The summed E-state index contributed by atoms with van der Waals surface area (Å²) in [6, 6.07) is 16.4. The van der Waals surface area contributed by atoms with Gasteiger partial charge in [0.2, 0.25) is 0 Å². The molecule has 0 bridgehead atoms. The van der Waals surface area contributed by atoms with Crippen molar-refractivity contribution in [2.75, 3.05) is 26.2 Å². The molecule has 2 heteroatoms. The number of hydrogen-bond donors (Lipinski definition) is 0. The van der Waals surface area contributed by atoms with Crippen LogP contribution in [0.5, 0.6) is 0 Å². The Balaban J connectivity index is 1.39. The summed E-state index contributed by atoms with van der Waals surface area (Å²) in [4.78, 5) is 5.40. The van der Waals surface area contributed by atoms with Gasteiger partial charge >= 0.3 is 0 Å². The summed E-state index contributed by atoms with van der Waals surface area (Å²) < 4.78 is 0. The van der Waals surface area contributed by atoms with Crippen LogP contribution < -0.4 is 0 Å². The summed E-state index contributed by atoms with van der Waals surface area (Å²) in [7, 11) is 0. The highest BCUT2D eigenvalue weighted by Crippen LogP contribution is 2.25. The summed E-state index contributed by atoms with van der Waals surface area (Å²) in [5.41, 5.74) is 1.48. The van der Waals surface area contributed by atoms with Crippen molar-refractivity contribution in [3.8, 4) is 0 Å². The predicted octanol–water partition coefficient (Wildman–Crippen LogP) is 4.29. The van der Waals surface area contributed by atoms with E-state index in [1.165, 1.54) is 74.6 Å². The molecule has 1 aliphatic heterocycles. The Hall–Kier alpha value is -1.38. The lowest BCUT2D eigenvalue weighted by Crippen LogP contribution is -2.50. The van der Waals surface area contributed by atoms with Crippen molar-refractivity contribution in [3.05, 3.63) is 48.0 Å². The van der Waals surface area contributed by atoms with E-state index in [2.05, 4.69) is 52.3 Å². The number of fused-ring (bicyclic) bond motifs is 1. The van der Waals surface area contributed by atoms with E-state index in [1.54, 1.807) is 0 Å². The second-order valence-corrected chi connectivity index (χ2v) is 7.24. The van der Waals surface area contributed by atoms with Gasteiger partial charge in [0.1, 0.15) is 0 Å². The Labute approximate surface area is 140 Å². The molecule has 2 fully saturated rings. The molecule has 0 radical (unpaired) electrons. The number of piperazine rings is 1. The van der Waals surface area contributed by atoms with Crippen LogP contribution in [0.2, 0.25) is 0 Å². The molecule has 1 saturated heterocycles. The highest BCUT2D eigenvalue weighted by Gasteiger charge is 2.25. The zero-order valence-corrected chi connectivity index (χ0v) is 14.1. The van der Waals surface area contributed by atoms with Crippen molar-refractivity contribution >= 4 is 10.8 Å².